The van der Waals surface area contributed by atoms with Crippen molar-refractivity contribution in [2.45, 2.75) is 52.1 Å². The highest BCUT2D eigenvalue weighted by Gasteiger charge is 2.23. The monoisotopic (exact) mass is 540 g/mol. The molecule has 1 fully saturated rings. The zero-order chi connectivity index (χ0) is 27.7. The molecule has 0 spiro atoms. The van der Waals surface area contributed by atoms with Gasteiger partial charge in [0.05, 0.1) is 12.1 Å². The Bertz CT molecular complexity index is 1370. The molecule has 4 N–H and O–H groups in total. The lowest BCUT2D eigenvalue weighted by Crippen LogP contribution is -2.47. The van der Waals surface area contributed by atoms with Crippen LogP contribution < -0.4 is 30.7 Å². The molecule has 0 bridgehead atoms. The number of aromatic nitrogens is 1. The lowest BCUT2D eigenvalue weighted by molar-refractivity contribution is -0.117. The van der Waals surface area contributed by atoms with Crippen molar-refractivity contribution in [3.05, 3.63) is 49.4 Å². The number of benzene rings is 1. The van der Waals surface area contributed by atoms with E-state index in [4.69, 9.17) is 0 Å². The van der Waals surface area contributed by atoms with Crippen molar-refractivity contribution in [3.63, 3.8) is 0 Å². The van der Waals surface area contributed by atoms with E-state index in [1.54, 1.807) is 45.0 Å². The van der Waals surface area contributed by atoms with Gasteiger partial charge in [0.15, 0.2) is 5.57 Å². The summed E-state index contributed by atoms with van der Waals surface area (Å²) in [7, 11) is 0. The quantitative estimate of drug-likeness (QED) is 0.305. The number of carbonyl (C=O) groups excluding carboxylic acids is 2. The highest BCUT2D eigenvalue weighted by atomic mass is 32.1. The van der Waals surface area contributed by atoms with Crippen LogP contribution in [0.2, 0.25) is 0 Å². The third-order valence-corrected chi connectivity index (χ3v) is 7.38. The summed E-state index contributed by atoms with van der Waals surface area (Å²) in [4.78, 5) is 40.7. The van der Waals surface area contributed by atoms with Crippen LogP contribution in [-0.2, 0) is 11.3 Å². The average Bonchev–Trinajstić information content (AvgIpc) is 3.53. The zero-order valence-corrected chi connectivity index (χ0v) is 23.0. The number of hydrogen-bond acceptors (Lipinski definition) is 8. The molecule has 2 amide bonds. The fourth-order valence-electron chi connectivity index (χ4n) is 4.11. The predicted molar refractivity (Wildman–Crippen MR) is 149 cm³/mol. The summed E-state index contributed by atoms with van der Waals surface area (Å²) < 4.78 is 1.91. The van der Waals surface area contributed by atoms with Crippen LogP contribution >= 0.6 is 11.3 Å². The molecule has 1 aliphatic heterocycles. The Balaban J connectivity index is 1.76. The molecule has 2 heterocycles. The topological polar surface area (TPSA) is 139 Å². The Morgan fingerprint density at radius 2 is 2.00 bits per heavy atom. The molecule has 1 aromatic heterocycles. The minimum atomic E-state index is -0.921. The SMILES string of the molecule is CCn1c(=C(C#N)C(=O)NC(C)(C)CO)sc(=CNc2cccc(C(=O)NCCCN3CCCC3)c2)c1=O. The first kappa shape index (κ1) is 29.1. The summed E-state index contributed by atoms with van der Waals surface area (Å²) >= 11 is 1.03. The number of aliphatic hydroxyl groups excluding tert-OH is 1. The van der Waals surface area contributed by atoms with Crippen LogP contribution in [0.3, 0.4) is 0 Å². The molecular formula is C27H36N6O4S. The number of nitrogens with one attached hydrogen (secondary N) is 3. The van der Waals surface area contributed by atoms with E-state index in [0.29, 0.717) is 22.3 Å². The van der Waals surface area contributed by atoms with Gasteiger partial charge in [0.25, 0.3) is 17.4 Å². The van der Waals surface area contributed by atoms with E-state index in [2.05, 4.69) is 20.9 Å². The van der Waals surface area contributed by atoms with Gasteiger partial charge in [0.1, 0.15) is 15.3 Å². The van der Waals surface area contributed by atoms with Crippen molar-refractivity contribution >= 4 is 40.6 Å². The van der Waals surface area contributed by atoms with Crippen molar-refractivity contribution in [1.82, 2.24) is 20.1 Å². The van der Waals surface area contributed by atoms with Crippen LogP contribution in [0.4, 0.5) is 5.69 Å². The lowest BCUT2D eigenvalue weighted by Gasteiger charge is -2.22. The number of anilines is 1. The Morgan fingerprint density at radius 1 is 1.26 bits per heavy atom. The van der Waals surface area contributed by atoms with Gasteiger partial charge < -0.3 is 26.0 Å². The number of thiazole rings is 1. The number of rotatable bonds is 11. The molecule has 204 valence electrons. The van der Waals surface area contributed by atoms with E-state index < -0.39 is 11.4 Å². The largest absolute Gasteiger partial charge is 0.394 e. The Morgan fingerprint density at radius 3 is 2.66 bits per heavy atom. The van der Waals surface area contributed by atoms with Gasteiger partial charge in [0.2, 0.25) is 0 Å². The first-order valence-electron chi connectivity index (χ1n) is 12.8. The van der Waals surface area contributed by atoms with Crippen LogP contribution in [0.25, 0.3) is 11.8 Å². The van der Waals surface area contributed by atoms with Crippen molar-refractivity contribution in [2.24, 2.45) is 0 Å². The lowest BCUT2D eigenvalue weighted by atomic mass is 10.1. The fourth-order valence-corrected chi connectivity index (χ4v) is 5.20. The number of aliphatic hydroxyl groups is 1. The van der Waals surface area contributed by atoms with Crippen LogP contribution in [0.5, 0.6) is 0 Å². The van der Waals surface area contributed by atoms with Gasteiger partial charge in [-0.05, 0) is 77.9 Å². The number of carbonyl (C=O) groups is 2. The molecule has 0 saturated carbocycles. The number of likely N-dealkylation sites (tertiary alicyclic amines) is 1. The molecule has 1 aromatic carbocycles. The van der Waals surface area contributed by atoms with Gasteiger partial charge in [-0.2, -0.15) is 5.26 Å². The van der Waals surface area contributed by atoms with Crippen molar-refractivity contribution < 1.29 is 14.7 Å². The van der Waals surface area contributed by atoms with Crippen LogP contribution in [0.15, 0.2) is 29.1 Å². The van der Waals surface area contributed by atoms with E-state index in [-0.39, 0.29) is 34.9 Å². The Kier molecular flexibility index (Phi) is 10.2. The molecular weight excluding hydrogens is 504 g/mol. The first-order chi connectivity index (χ1) is 18.2. The maximum atomic E-state index is 13.0. The normalized spacial score (nSPS) is 15.2. The number of hydrogen-bond donors (Lipinski definition) is 4. The summed E-state index contributed by atoms with van der Waals surface area (Å²) in [5.74, 6) is -0.819. The van der Waals surface area contributed by atoms with Crippen molar-refractivity contribution in [1.29, 1.82) is 5.26 Å². The Labute approximate surface area is 226 Å². The third-order valence-electron chi connectivity index (χ3n) is 6.25. The minimum Gasteiger partial charge on any atom is -0.394 e. The number of nitrogens with zero attached hydrogens (tertiary/aromatic N) is 3. The summed E-state index contributed by atoms with van der Waals surface area (Å²) in [5.41, 5.74) is -0.327. The predicted octanol–water partition coefficient (Wildman–Crippen LogP) is 0.557. The summed E-state index contributed by atoms with van der Waals surface area (Å²) in [6, 6.07) is 8.88. The van der Waals surface area contributed by atoms with Crippen molar-refractivity contribution in [2.75, 3.05) is 38.1 Å². The molecule has 38 heavy (non-hydrogen) atoms. The van der Waals surface area contributed by atoms with Gasteiger partial charge in [-0.25, -0.2) is 0 Å². The van der Waals surface area contributed by atoms with E-state index in [1.807, 2.05) is 6.07 Å². The van der Waals surface area contributed by atoms with Gasteiger partial charge in [-0.1, -0.05) is 6.07 Å². The molecule has 10 nitrogen and oxygen atoms in total. The fraction of sp³-hybridized carbons (Fsp3) is 0.481. The molecule has 11 heteroatoms. The molecule has 0 atom stereocenters. The Hall–Kier alpha value is -3.46. The van der Waals surface area contributed by atoms with Gasteiger partial charge >= 0.3 is 0 Å². The molecule has 1 saturated heterocycles. The molecule has 0 radical (unpaired) electrons. The molecule has 3 rings (SSSR count). The minimum absolute atomic E-state index is 0.160. The second kappa shape index (κ2) is 13.4. The number of nitriles is 1. The highest BCUT2D eigenvalue weighted by molar-refractivity contribution is 7.07. The second-order valence-corrected chi connectivity index (χ2v) is 10.9. The van der Waals surface area contributed by atoms with E-state index in [1.165, 1.54) is 23.6 Å². The van der Waals surface area contributed by atoms with E-state index in [9.17, 15) is 24.8 Å². The first-order valence-corrected chi connectivity index (χ1v) is 13.7. The highest BCUT2D eigenvalue weighted by Crippen LogP contribution is 2.11. The zero-order valence-electron chi connectivity index (χ0n) is 22.2. The summed E-state index contributed by atoms with van der Waals surface area (Å²) in [6.07, 6.45) is 4.91. The molecule has 0 aliphatic carbocycles. The van der Waals surface area contributed by atoms with Crippen LogP contribution in [0.1, 0.15) is 50.4 Å². The van der Waals surface area contributed by atoms with Crippen LogP contribution in [0, 0.1) is 11.3 Å². The van der Waals surface area contributed by atoms with E-state index >= 15 is 0 Å². The average molecular weight is 541 g/mol. The third kappa shape index (κ3) is 7.54. The molecule has 0 unspecified atom stereocenters. The standard InChI is InChI=1S/C27H36N6O4S/c1-4-33-25(37)22(38-26(33)21(16-28)24(36)31-27(2,3)18-34)17-30-20-10-7-9-19(15-20)23(35)29-11-8-14-32-12-5-6-13-32/h7,9-10,15,17,30,34H,4-6,8,11-14,18H2,1-3H3,(H,29,35)(H,31,36). The second-order valence-electron chi connectivity index (χ2n) is 9.83. The maximum Gasteiger partial charge on any atom is 0.270 e. The van der Waals surface area contributed by atoms with E-state index in [0.717, 1.165) is 37.4 Å². The van der Waals surface area contributed by atoms with Crippen molar-refractivity contribution in [3.8, 4) is 6.07 Å². The van der Waals surface area contributed by atoms with Gasteiger partial charge in [-0.3, -0.25) is 19.0 Å². The van der Waals surface area contributed by atoms with Gasteiger partial charge in [-0.15, -0.1) is 11.3 Å². The maximum absolute atomic E-state index is 13.0. The molecule has 2 aromatic rings. The van der Waals surface area contributed by atoms with Gasteiger partial charge in [0, 0.05) is 30.5 Å². The molecule has 1 aliphatic rings. The van der Waals surface area contributed by atoms with Crippen LogP contribution in [-0.4, -0.2) is 64.7 Å². The smallest absolute Gasteiger partial charge is 0.270 e. The summed E-state index contributed by atoms with van der Waals surface area (Å²) in [6.45, 7) is 8.85. The summed E-state index contributed by atoms with van der Waals surface area (Å²) in [5, 5.41) is 27.8. The number of amides is 2.